The third-order valence-electron chi connectivity index (χ3n) is 3.20. The van der Waals surface area contributed by atoms with Gasteiger partial charge in [0.2, 0.25) is 0 Å². The first-order chi connectivity index (χ1) is 9.93. The molecule has 0 atom stereocenters. The van der Waals surface area contributed by atoms with Gasteiger partial charge in [0.05, 0.1) is 6.54 Å². The van der Waals surface area contributed by atoms with E-state index in [9.17, 15) is 14.4 Å². The topological polar surface area (TPSA) is 76.4 Å². The van der Waals surface area contributed by atoms with Crippen LogP contribution in [0.1, 0.15) is 38.2 Å². The summed E-state index contributed by atoms with van der Waals surface area (Å²) in [5, 5.41) is 9.09. The molecule has 0 saturated heterocycles. The molecule has 0 unspecified atom stereocenters. The number of thiazole rings is 1. The fourth-order valence-electron chi connectivity index (χ4n) is 2.09. The highest BCUT2D eigenvalue weighted by atomic mass is 32.1. The summed E-state index contributed by atoms with van der Waals surface area (Å²) in [5.41, 5.74) is 1.96. The second-order valence-electron chi connectivity index (χ2n) is 4.68. The first-order valence-corrected chi connectivity index (χ1v) is 7.31. The number of hydrogen-bond donors (Lipinski definition) is 1. The van der Waals surface area contributed by atoms with Gasteiger partial charge in [-0.15, -0.1) is 0 Å². The number of ketones is 1. The van der Waals surface area contributed by atoms with Crippen LogP contribution < -0.4 is 4.87 Å². The Morgan fingerprint density at radius 2 is 1.86 bits per heavy atom. The molecule has 110 valence electrons. The summed E-state index contributed by atoms with van der Waals surface area (Å²) in [7, 11) is 0. The third kappa shape index (κ3) is 3.11. The van der Waals surface area contributed by atoms with Crippen molar-refractivity contribution in [2.24, 2.45) is 0 Å². The largest absolute Gasteiger partial charge is 0.477 e. The quantitative estimate of drug-likeness (QED) is 0.860. The number of carboxylic acids is 1. The molecule has 2 aromatic rings. The van der Waals surface area contributed by atoms with Crippen LogP contribution in [0.15, 0.2) is 29.1 Å². The second-order valence-corrected chi connectivity index (χ2v) is 5.64. The molecule has 2 rings (SSSR count). The van der Waals surface area contributed by atoms with Crippen molar-refractivity contribution >= 4 is 23.1 Å². The maximum absolute atomic E-state index is 12.2. The Morgan fingerprint density at radius 1 is 1.24 bits per heavy atom. The summed E-state index contributed by atoms with van der Waals surface area (Å²) in [5.74, 6) is -1.34. The summed E-state index contributed by atoms with van der Waals surface area (Å²) in [4.78, 5) is 34.8. The van der Waals surface area contributed by atoms with Gasteiger partial charge in [0.15, 0.2) is 5.78 Å². The Bertz CT molecular complexity index is 740. The zero-order chi connectivity index (χ0) is 15.6. The molecule has 1 N–H and O–H groups in total. The average molecular weight is 305 g/mol. The number of carbonyl (C=O) groups excluding carboxylic acids is 1. The van der Waals surface area contributed by atoms with Gasteiger partial charge in [-0.05, 0) is 13.3 Å². The van der Waals surface area contributed by atoms with Gasteiger partial charge in [0.25, 0.3) is 0 Å². The van der Waals surface area contributed by atoms with E-state index in [0.717, 1.165) is 5.56 Å². The molecular weight excluding hydrogens is 290 g/mol. The predicted molar refractivity (Wildman–Crippen MR) is 80.4 cm³/mol. The van der Waals surface area contributed by atoms with Crippen LogP contribution in [0.25, 0.3) is 0 Å². The Hall–Kier alpha value is -2.21. The molecule has 1 aromatic carbocycles. The molecule has 0 bridgehead atoms. The predicted octanol–water partition coefficient (Wildman–Crippen LogP) is 2.36. The van der Waals surface area contributed by atoms with Gasteiger partial charge in [-0.25, -0.2) is 4.79 Å². The minimum absolute atomic E-state index is 0.0132. The van der Waals surface area contributed by atoms with Crippen molar-refractivity contribution in [3.8, 4) is 0 Å². The number of Topliss-reactive ketones (excluding diaryl/α,β-unsaturated/α-hetero) is 1. The van der Waals surface area contributed by atoms with E-state index in [2.05, 4.69) is 0 Å². The van der Waals surface area contributed by atoms with Crippen molar-refractivity contribution in [1.29, 1.82) is 0 Å². The third-order valence-corrected chi connectivity index (χ3v) is 4.21. The van der Waals surface area contributed by atoms with Gasteiger partial charge in [-0.1, -0.05) is 48.1 Å². The molecule has 21 heavy (non-hydrogen) atoms. The Morgan fingerprint density at radius 3 is 2.38 bits per heavy atom. The van der Waals surface area contributed by atoms with Crippen molar-refractivity contribution in [1.82, 2.24) is 4.57 Å². The highest BCUT2D eigenvalue weighted by molar-refractivity contribution is 7.11. The number of benzene rings is 1. The molecule has 0 aliphatic rings. The van der Waals surface area contributed by atoms with Crippen LogP contribution in [0.5, 0.6) is 0 Å². The molecule has 5 nitrogen and oxygen atoms in total. The highest BCUT2D eigenvalue weighted by Crippen LogP contribution is 2.15. The van der Waals surface area contributed by atoms with Crippen molar-refractivity contribution in [2.75, 3.05) is 0 Å². The maximum atomic E-state index is 12.2. The van der Waals surface area contributed by atoms with E-state index in [4.69, 9.17) is 5.11 Å². The van der Waals surface area contributed by atoms with Crippen LogP contribution in [0.3, 0.4) is 0 Å². The SMILES string of the molecule is CCc1c(C(=O)O)sc(=O)n1CC(=O)c1ccc(C)cc1. The lowest BCUT2D eigenvalue weighted by molar-refractivity contribution is 0.0699. The van der Waals surface area contributed by atoms with E-state index in [1.807, 2.05) is 19.1 Å². The van der Waals surface area contributed by atoms with Gasteiger partial charge in [0, 0.05) is 11.3 Å². The van der Waals surface area contributed by atoms with Crippen LogP contribution in [0, 0.1) is 6.92 Å². The molecule has 0 aliphatic carbocycles. The van der Waals surface area contributed by atoms with Crippen molar-refractivity contribution in [3.63, 3.8) is 0 Å². The molecule has 1 aromatic heterocycles. The molecule has 0 aliphatic heterocycles. The van der Waals surface area contributed by atoms with Crippen LogP contribution in [0.2, 0.25) is 0 Å². The number of hydrogen-bond acceptors (Lipinski definition) is 4. The molecule has 0 radical (unpaired) electrons. The van der Waals surface area contributed by atoms with E-state index < -0.39 is 10.8 Å². The standard InChI is InChI=1S/C15H15NO4S/c1-3-11-13(14(18)19)21-15(20)16(11)8-12(17)10-6-4-9(2)5-7-10/h4-7H,3,8H2,1-2H3,(H,18,19). The van der Waals surface area contributed by atoms with Crippen molar-refractivity contribution in [3.05, 3.63) is 55.6 Å². The fourth-order valence-corrected chi connectivity index (χ4v) is 3.01. The lowest BCUT2D eigenvalue weighted by atomic mass is 10.1. The lowest BCUT2D eigenvalue weighted by Gasteiger charge is -2.06. The number of aromatic nitrogens is 1. The number of rotatable bonds is 5. The first kappa shape index (κ1) is 15.2. The smallest absolute Gasteiger partial charge is 0.347 e. The first-order valence-electron chi connectivity index (χ1n) is 6.49. The minimum atomic E-state index is -1.13. The molecule has 0 fully saturated rings. The Kier molecular flexibility index (Phi) is 4.37. The number of carbonyl (C=O) groups is 2. The summed E-state index contributed by atoms with van der Waals surface area (Å²) in [6.45, 7) is 3.56. The van der Waals surface area contributed by atoms with Gasteiger partial charge in [-0.2, -0.15) is 0 Å². The lowest BCUT2D eigenvalue weighted by Crippen LogP contribution is -2.21. The molecule has 1 heterocycles. The molecule has 0 spiro atoms. The van der Waals surface area contributed by atoms with E-state index >= 15 is 0 Å². The van der Waals surface area contributed by atoms with Gasteiger partial charge < -0.3 is 5.11 Å². The number of aryl methyl sites for hydroxylation is 1. The second kappa shape index (κ2) is 6.05. The number of carboxylic acid groups (broad SMARTS) is 1. The Labute approximate surface area is 125 Å². The highest BCUT2D eigenvalue weighted by Gasteiger charge is 2.20. The van der Waals surface area contributed by atoms with Crippen molar-refractivity contribution < 1.29 is 14.7 Å². The molecule has 0 amide bonds. The van der Waals surface area contributed by atoms with E-state index in [0.29, 0.717) is 29.0 Å². The van der Waals surface area contributed by atoms with Crippen LogP contribution in [0.4, 0.5) is 0 Å². The number of aromatic carboxylic acids is 1. The van der Waals surface area contributed by atoms with Crippen LogP contribution in [-0.4, -0.2) is 21.4 Å². The van der Waals surface area contributed by atoms with Crippen molar-refractivity contribution in [2.45, 2.75) is 26.8 Å². The summed E-state index contributed by atoms with van der Waals surface area (Å²) in [6.07, 6.45) is 0.390. The zero-order valence-electron chi connectivity index (χ0n) is 11.8. The van der Waals surface area contributed by atoms with Crippen LogP contribution in [-0.2, 0) is 13.0 Å². The summed E-state index contributed by atoms with van der Waals surface area (Å²) < 4.78 is 1.26. The summed E-state index contributed by atoms with van der Waals surface area (Å²) in [6, 6.07) is 7.07. The zero-order valence-corrected chi connectivity index (χ0v) is 12.6. The van der Waals surface area contributed by atoms with E-state index in [1.165, 1.54) is 4.57 Å². The number of nitrogens with zero attached hydrogens (tertiary/aromatic N) is 1. The molecule has 0 saturated carbocycles. The average Bonchev–Trinajstić information content (AvgIpc) is 2.76. The fraction of sp³-hybridized carbons (Fsp3) is 0.267. The van der Waals surface area contributed by atoms with Crippen LogP contribution >= 0.6 is 11.3 Å². The molecule has 6 heteroatoms. The minimum Gasteiger partial charge on any atom is -0.477 e. The van der Waals surface area contributed by atoms with Gasteiger partial charge in [0.1, 0.15) is 4.88 Å². The van der Waals surface area contributed by atoms with E-state index in [-0.39, 0.29) is 17.2 Å². The summed E-state index contributed by atoms with van der Waals surface area (Å²) >= 11 is 0.669. The van der Waals surface area contributed by atoms with E-state index in [1.54, 1.807) is 19.1 Å². The van der Waals surface area contributed by atoms with Gasteiger partial charge in [-0.3, -0.25) is 14.2 Å². The maximum Gasteiger partial charge on any atom is 0.347 e. The Balaban J connectivity index is 2.35. The van der Waals surface area contributed by atoms with Gasteiger partial charge >= 0.3 is 10.8 Å². The monoisotopic (exact) mass is 305 g/mol. The molecular formula is C15H15NO4S. The normalized spacial score (nSPS) is 10.6.